The molecule has 8 heteroatoms. The quantitative estimate of drug-likeness (QED) is 0.299. The van der Waals surface area contributed by atoms with Crippen molar-refractivity contribution in [2.45, 2.75) is 30.5 Å². The molecular formula is C9H17NO7. The Kier molecular flexibility index (Phi) is 5.25. The van der Waals surface area contributed by atoms with Crippen LogP contribution < -0.4 is 5.32 Å². The number of rotatable bonds is 4. The van der Waals surface area contributed by atoms with Gasteiger partial charge in [-0.2, -0.15) is 0 Å². The lowest BCUT2D eigenvalue weighted by molar-refractivity contribution is -0.226. The fraction of sp³-hybridized carbons (Fsp3) is 0.889. The van der Waals surface area contributed by atoms with Crippen molar-refractivity contribution in [1.82, 2.24) is 5.32 Å². The molecule has 0 saturated carbocycles. The molecule has 0 aliphatic carbocycles. The van der Waals surface area contributed by atoms with Gasteiger partial charge in [-0.15, -0.1) is 0 Å². The summed E-state index contributed by atoms with van der Waals surface area (Å²) in [5.74, 6) is -0.726. The number of amides is 1. The van der Waals surface area contributed by atoms with Gasteiger partial charge < -0.3 is 35.6 Å². The van der Waals surface area contributed by atoms with Gasteiger partial charge in [-0.05, 0) is 0 Å². The maximum absolute atomic E-state index is 11.5. The highest BCUT2D eigenvalue weighted by Gasteiger charge is 2.46. The molecule has 1 aliphatic rings. The predicted molar refractivity (Wildman–Crippen MR) is 53.9 cm³/mol. The Bertz CT molecular complexity index is 260. The minimum atomic E-state index is -1.59. The molecule has 1 rings (SSSR count). The highest BCUT2D eigenvalue weighted by Crippen LogP contribution is 2.21. The normalized spacial score (nSPS) is 37.8. The van der Waals surface area contributed by atoms with Crippen molar-refractivity contribution in [1.29, 1.82) is 0 Å². The highest BCUT2D eigenvalue weighted by atomic mass is 16.5. The molecule has 100 valence electrons. The minimum Gasteiger partial charge on any atom is -0.395 e. The number of aliphatic hydroxyl groups is 5. The molecule has 1 fully saturated rings. The predicted octanol–water partition coefficient (Wildman–Crippen LogP) is -4.06. The highest BCUT2D eigenvalue weighted by molar-refractivity contribution is 5.81. The van der Waals surface area contributed by atoms with Gasteiger partial charge in [0.2, 0.25) is 0 Å². The SMILES string of the molecule is O=C(NCCO)[C@H]1O[C@H](CO)[C@@H](O)[C@H](O)[C@H]1O. The topological polar surface area (TPSA) is 139 Å². The number of nitrogens with one attached hydrogen (secondary N) is 1. The second-order valence-corrected chi connectivity index (χ2v) is 3.76. The average molecular weight is 251 g/mol. The molecule has 5 atom stereocenters. The first-order valence-electron chi connectivity index (χ1n) is 5.22. The van der Waals surface area contributed by atoms with Crippen LogP contribution >= 0.6 is 0 Å². The van der Waals surface area contributed by atoms with Crippen LogP contribution in [0.1, 0.15) is 0 Å². The van der Waals surface area contributed by atoms with Gasteiger partial charge in [-0.1, -0.05) is 0 Å². The van der Waals surface area contributed by atoms with Crippen LogP contribution in [0.15, 0.2) is 0 Å². The van der Waals surface area contributed by atoms with Crippen molar-refractivity contribution in [3.63, 3.8) is 0 Å². The molecule has 0 aromatic heterocycles. The standard InChI is InChI=1S/C9H17NO7/c11-2-1-10-9(16)8-7(15)6(14)5(13)4(3-12)17-8/h4-8,11-15H,1-3H2,(H,10,16)/t4-,5-,6+,7-,8+/m1/s1. The van der Waals surface area contributed by atoms with Gasteiger partial charge in [0, 0.05) is 6.54 Å². The van der Waals surface area contributed by atoms with E-state index in [1.54, 1.807) is 0 Å². The van der Waals surface area contributed by atoms with Crippen molar-refractivity contribution in [3.05, 3.63) is 0 Å². The van der Waals surface area contributed by atoms with Crippen LogP contribution in [0.4, 0.5) is 0 Å². The van der Waals surface area contributed by atoms with Crippen LogP contribution in [-0.4, -0.2) is 81.7 Å². The Morgan fingerprint density at radius 2 is 1.76 bits per heavy atom. The first-order valence-corrected chi connectivity index (χ1v) is 5.22. The summed E-state index contributed by atoms with van der Waals surface area (Å²) >= 11 is 0. The summed E-state index contributed by atoms with van der Waals surface area (Å²) in [7, 11) is 0. The number of aliphatic hydroxyl groups excluding tert-OH is 5. The van der Waals surface area contributed by atoms with E-state index in [9.17, 15) is 20.1 Å². The van der Waals surface area contributed by atoms with Crippen molar-refractivity contribution < 1.29 is 35.1 Å². The molecule has 0 aromatic carbocycles. The fourth-order valence-corrected chi connectivity index (χ4v) is 1.60. The van der Waals surface area contributed by atoms with Crippen molar-refractivity contribution in [2.24, 2.45) is 0 Å². The zero-order chi connectivity index (χ0) is 13.0. The number of hydrogen-bond acceptors (Lipinski definition) is 7. The Labute approximate surface area is 97.4 Å². The summed E-state index contributed by atoms with van der Waals surface area (Å²) < 4.78 is 4.99. The lowest BCUT2D eigenvalue weighted by atomic mass is 9.95. The van der Waals surface area contributed by atoms with Crippen LogP contribution in [0.5, 0.6) is 0 Å². The Balaban J connectivity index is 2.68. The molecule has 8 nitrogen and oxygen atoms in total. The Morgan fingerprint density at radius 1 is 1.12 bits per heavy atom. The van der Waals surface area contributed by atoms with E-state index in [0.29, 0.717) is 0 Å². The smallest absolute Gasteiger partial charge is 0.252 e. The van der Waals surface area contributed by atoms with Gasteiger partial charge in [0.05, 0.1) is 13.2 Å². The fourth-order valence-electron chi connectivity index (χ4n) is 1.60. The number of carbonyl (C=O) groups is 1. The molecule has 6 N–H and O–H groups in total. The molecule has 1 heterocycles. The van der Waals surface area contributed by atoms with Crippen LogP contribution in [0.2, 0.25) is 0 Å². The van der Waals surface area contributed by atoms with E-state index in [1.807, 2.05) is 0 Å². The number of carbonyl (C=O) groups excluding carboxylic acids is 1. The molecule has 0 radical (unpaired) electrons. The lowest BCUT2D eigenvalue weighted by Crippen LogP contribution is -2.62. The van der Waals surface area contributed by atoms with E-state index < -0.39 is 43.0 Å². The van der Waals surface area contributed by atoms with E-state index >= 15 is 0 Å². The Hall–Kier alpha value is -0.770. The van der Waals surface area contributed by atoms with Crippen LogP contribution in [0.25, 0.3) is 0 Å². The second kappa shape index (κ2) is 6.24. The van der Waals surface area contributed by atoms with Gasteiger partial charge in [-0.3, -0.25) is 4.79 Å². The van der Waals surface area contributed by atoms with Crippen molar-refractivity contribution in [3.8, 4) is 0 Å². The zero-order valence-electron chi connectivity index (χ0n) is 9.06. The molecular weight excluding hydrogens is 234 g/mol. The molecule has 1 saturated heterocycles. The molecule has 1 aliphatic heterocycles. The molecule has 17 heavy (non-hydrogen) atoms. The third-order valence-corrected chi connectivity index (χ3v) is 2.56. The number of ether oxygens (including phenoxy) is 1. The second-order valence-electron chi connectivity index (χ2n) is 3.76. The maximum atomic E-state index is 11.5. The monoisotopic (exact) mass is 251 g/mol. The van der Waals surface area contributed by atoms with Gasteiger partial charge in [0.1, 0.15) is 24.4 Å². The number of hydrogen-bond donors (Lipinski definition) is 6. The third kappa shape index (κ3) is 3.12. The van der Waals surface area contributed by atoms with E-state index in [4.69, 9.17) is 14.9 Å². The molecule has 0 spiro atoms. The van der Waals surface area contributed by atoms with E-state index in [1.165, 1.54) is 0 Å². The Morgan fingerprint density at radius 3 is 2.29 bits per heavy atom. The molecule has 0 bridgehead atoms. The molecule has 1 amide bonds. The van der Waals surface area contributed by atoms with Crippen LogP contribution in [0.3, 0.4) is 0 Å². The summed E-state index contributed by atoms with van der Waals surface area (Å²) in [5.41, 5.74) is 0. The first-order chi connectivity index (χ1) is 8.02. The summed E-state index contributed by atoms with van der Waals surface area (Å²) in [6.45, 7) is -0.883. The largest absolute Gasteiger partial charge is 0.395 e. The third-order valence-electron chi connectivity index (χ3n) is 2.56. The van der Waals surface area contributed by atoms with E-state index in [0.717, 1.165) is 0 Å². The van der Waals surface area contributed by atoms with Crippen LogP contribution in [0, 0.1) is 0 Å². The summed E-state index contributed by atoms with van der Waals surface area (Å²) in [6.07, 6.45) is -7.16. The minimum absolute atomic E-state index is 0.0200. The van der Waals surface area contributed by atoms with Gasteiger partial charge in [-0.25, -0.2) is 0 Å². The molecule has 0 unspecified atom stereocenters. The van der Waals surface area contributed by atoms with Gasteiger partial charge >= 0.3 is 0 Å². The van der Waals surface area contributed by atoms with Crippen molar-refractivity contribution >= 4 is 5.91 Å². The van der Waals surface area contributed by atoms with E-state index in [-0.39, 0.29) is 13.2 Å². The van der Waals surface area contributed by atoms with Crippen LogP contribution in [-0.2, 0) is 9.53 Å². The average Bonchev–Trinajstić information content (AvgIpc) is 2.33. The van der Waals surface area contributed by atoms with E-state index in [2.05, 4.69) is 5.32 Å². The van der Waals surface area contributed by atoms with Gasteiger partial charge in [0.25, 0.3) is 5.91 Å². The molecule has 0 aromatic rings. The summed E-state index contributed by atoms with van der Waals surface area (Å²) in [6, 6.07) is 0. The summed E-state index contributed by atoms with van der Waals surface area (Å²) in [5, 5.41) is 48.1. The zero-order valence-corrected chi connectivity index (χ0v) is 9.06. The maximum Gasteiger partial charge on any atom is 0.252 e. The van der Waals surface area contributed by atoms with Gasteiger partial charge in [0.15, 0.2) is 6.10 Å². The summed E-state index contributed by atoms with van der Waals surface area (Å²) in [4.78, 5) is 11.5. The van der Waals surface area contributed by atoms with Crippen molar-refractivity contribution in [2.75, 3.05) is 19.8 Å². The lowest BCUT2D eigenvalue weighted by Gasteiger charge is -2.39. The first kappa shape index (κ1) is 14.3.